The molecule has 3 rings (SSSR count). The van der Waals surface area contributed by atoms with Crippen molar-refractivity contribution in [1.82, 2.24) is 9.13 Å². The van der Waals surface area contributed by atoms with Gasteiger partial charge >= 0.3 is 0 Å². The molecule has 0 atom stereocenters. The lowest BCUT2D eigenvalue weighted by Crippen LogP contribution is -2.25. The number of rotatable bonds is 5. The minimum Gasteiger partial charge on any atom is -0.496 e. The van der Waals surface area contributed by atoms with Gasteiger partial charge in [-0.3, -0.25) is 9.98 Å². The van der Waals surface area contributed by atoms with Crippen LogP contribution in [0.3, 0.4) is 0 Å². The zero-order chi connectivity index (χ0) is 18.0. The van der Waals surface area contributed by atoms with Gasteiger partial charge in [0.1, 0.15) is 5.75 Å². The van der Waals surface area contributed by atoms with E-state index in [9.17, 15) is 0 Å². The minimum atomic E-state index is 0.490. The number of ether oxygens (including phenoxy) is 1. The number of aryl methyl sites for hydroxylation is 5. The van der Waals surface area contributed by atoms with Crippen molar-refractivity contribution in [3.63, 3.8) is 0 Å². The summed E-state index contributed by atoms with van der Waals surface area (Å²) in [6.45, 7) is 6.98. The first kappa shape index (κ1) is 17.1. The van der Waals surface area contributed by atoms with Crippen molar-refractivity contribution in [3.8, 4) is 11.4 Å². The van der Waals surface area contributed by atoms with E-state index in [-0.39, 0.29) is 0 Å². The van der Waals surface area contributed by atoms with E-state index in [1.54, 1.807) is 7.11 Å². The van der Waals surface area contributed by atoms with Gasteiger partial charge in [0.05, 0.1) is 12.8 Å². The standard InChI is InChI=1S/C21H25N3O/c1-15-7-5-8-16(2)19(15)24-14-13-23(21(24)22)12-11-18-10-6-9-17(3)20(18)25-4/h5-10,13-14,22H,11-12H2,1-4H3. The number of hydrogen-bond donors (Lipinski definition) is 1. The highest BCUT2D eigenvalue weighted by Gasteiger charge is 2.10. The number of para-hydroxylation sites is 2. The Bertz CT molecular complexity index is 930. The Morgan fingerprint density at radius 1 is 0.920 bits per heavy atom. The third kappa shape index (κ3) is 3.25. The van der Waals surface area contributed by atoms with Crippen LogP contribution < -0.4 is 10.4 Å². The monoisotopic (exact) mass is 335 g/mol. The molecule has 1 aromatic heterocycles. The van der Waals surface area contributed by atoms with Crippen LogP contribution >= 0.6 is 0 Å². The Labute approximate surface area is 148 Å². The Kier molecular flexibility index (Phi) is 4.79. The summed E-state index contributed by atoms with van der Waals surface area (Å²) in [4.78, 5) is 0. The van der Waals surface area contributed by atoms with Crippen LogP contribution in [-0.4, -0.2) is 16.2 Å². The van der Waals surface area contributed by atoms with E-state index >= 15 is 0 Å². The molecule has 0 spiro atoms. The van der Waals surface area contributed by atoms with Crippen molar-refractivity contribution in [3.05, 3.63) is 76.7 Å². The highest BCUT2D eigenvalue weighted by molar-refractivity contribution is 5.46. The van der Waals surface area contributed by atoms with Gasteiger partial charge in [-0.2, -0.15) is 0 Å². The number of nitrogens with zero attached hydrogens (tertiary/aromatic N) is 2. The molecule has 0 bridgehead atoms. The molecule has 2 aromatic carbocycles. The molecule has 1 N–H and O–H groups in total. The molecule has 0 aliphatic rings. The number of imidazole rings is 1. The van der Waals surface area contributed by atoms with Crippen molar-refractivity contribution >= 4 is 0 Å². The van der Waals surface area contributed by atoms with Crippen LogP contribution in [0.4, 0.5) is 0 Å². The third-order valence-electron chi connectivity index (χ3n) is 4.70. The molecule has 0 saturated carbocycles. The average molecular weight is 335 g/mol. The second-order valence-corrected chi connectivity index (χ2v) is 6.44. The highest BCUT2D eigenvalue weighted by Crippen LogP contribution is 2.23. The Balaban J connectivity index is 1.88. The third-order valence-corrected chi connectivity index (χ3v) is 4.70. The first-order chi connectivity index (χ1) is 12.0. The van der Waals surface area contributed by atoms with Gasteiger partial charge in [0.15, 0.2) is 0 Å². The summed E-state index contributed by atoms with van der Waals surface area (Å²) in [7, 11) is 1.71. The van der Waals surface area contributed by atoms with Crippen LogP contribution in [-0.2, 0) is 13.0 Å². The summed E-state index contributed by atoms with van der Waals surface area (Å²) in [5, 5.41) is 8.56. The number of benzene rings is 2. The minimum absolute atomic E-state index is 0.490. The van der Waals surface area contributed by atoms with Crippen LogP contribution in [0.5, 0.6) is 5.75 Å². The SMILES string of the molecule is COc1c(C)cccc1CCn1ccn(-c2c(C)cccc2C)c1=N. The summed E-state index contributed by atoms with van der Waals surface area (Å²) >= 11 is 0. The quantitative estimate of drug-likeness (QED) is 0.754. The average Bonchev–Trinajstić information content (AvgIpc) is 2.94. The molecule has 130 valence electrons. The lowest BCUT2D eigenvalue weighted by atomic mass is 10.1. The van der Waals surface area contributed by atoms with Crippen LogP contribution in [0.15, 0.2) is 48.8 Å². The molecule has 4 nitrogen and oxygen atoms in total. The molecule has 0 saturated heterocycles. The summed E-state index contributed by atoms with van der Waals surface area (Å²) in [6, 6.07) is 12.4. The number of hydrogen-bond acceptors (Lipinski definition) is 2. The molecule has 0 radical (unpaired) electrons. The van der Waals surface area contributed by atoms with Gasteiger partial charge in [0, 0.05) is 18.9 Å². The molecule has 0 aliphatic carbocycles. The molecular formula is C21H25N3O. The second-order valence-electron chi connectivity index (χ2n) is 6.44. The van der Waals surface area contributed by atoms with E-state index in [2.05, 4.69) is 57.2 Å². The van der Waals surface area contributed by atoms with Crippen molar-refractivity contribution in [2.24, 2.45) is 0 Å². The molecule has 0 aliphatic heterocycles. The Morgan fingerprint density at radius 2 is 1.56 bits per heavy atom. The van der Waals surface area contributed by atoms with E-state index in [1.807, 2.05) is 21.5 Å². The highest BCUT2D eigenvalue weighted by atomic mass is 16.5. The van der Waals surface area contributed by atoms with Crippen molar-refractivity contribution < 1.29 is 4.74 Å². The van der Waals surface area contributed by atoms with Crippen molar-refractivity contribution in [2.75, 3.05) is 7.11 Å². The maximum absolute atomic E-state index is 8.56. The molecule has 4 heteroatoms. The van der Waals surface area contributed by atoms with Crippen LogP contribution in [0.2, 0.25) is 0 Å². The summed E-state index contributed by atoms with van der Waals surface area (Å²) in [5.74, 6) is 0.948. The first-order valence-corrected chi connectivity index (χ1v) is 8.54. The summed E-state index contributed by atoms with van der Waals surface area (Å²) in [5.41, 5.74) is 6.26. The van der Waals surface area contributed by atoms with Crippen LogP contribution in [0.25, 0.3) is 5.69 Å². The normalized spacial score (nSPS) is 10.9. The van der Waals surface area contributed by atoms with Gasteiger partial charge < -0.3 is 9.30 Å². The molecule has 1 heterocycles. The fraction of sp³-hybridized carbons (Fsp3) is 0.286. The molecule has 0 fully saturated rings. The Morgan fingerprint density at radius 3 is 2.24 bits per heavy atom. The van der Waals surface area contributed by atoms with Crippen LogP contribution in [0, 0.1) is 26.2 Å². The molecule has 0 amide bonds. The number of nitrogens with one attached hydrogen (secondary N) is 1. The summed E-state index contributed by atoms with van der Waals surface area (Å²) in [6.07, 6.45) is 4.79. The molecule has 25 heavy (non-hydrogen) atoms. The van der Waals surface area contributed by atoms with E-state index in [0.29, 0.717) is 5.62 Å². The largest absolute Gasteiger partial charge is 0.496 e. The lowest BCUT2D eigenvalue weighted by molar-refractivity contribution is 0.405. The number of aromatic nitrogens is 2. The van der Waals surface area contributed by atoms with Gasteiger partial charge in [0.25, 0.3) is 0 Å². The maximum Gasteiger partial charge on any atom is 0.206 e. The maximum atomic E-state index is 8.56. The Hall–Kier alpha value is -2.75. The topological polar surface area (TPSA) is 42.9 Å². The van der Waals surface area contributed by atoms with Crippen molar-refractivity contribution in [2.45, 2.75) is 33.7 Å². The van der Waals surface area contributed by atoms with E-state index in [0.717, 1.165) is 30.0 Å². The van der Waals surface area contributed by atoms with Gasteiger partial charge in [-0.25, -0.2) is 0 Å². The van der Waals surface area contributed by atoms with Gasteiger partial charge in [0.2, 0.25) is 5.62 Å². The fourth-order valence-electron chi connectivity index (χ4n) is 3.42. The van der Waals surface area contributed by atoms with Crippen molar-refractivity contribution in [1.29, 1.82) is 5.41 Å². The van der Waals surface area contributed by atoms with Crippen LogP contribution in [0.1, 0.15) is 22.3 Å². The van der Waals surface area contributed by atoms with E-state index < -0.39 is 0 Å². The lowest BCUT2D eigenvalue weighted by Gasteiger charge is -2.12. The molecular weight excluding hydrogens is 310 g/mol. The predicted octanol–water partition coefficient (Wildman–Crippen LogP) is 3.93. The van der Waals surface area contributed by atoms with Gasteiger partial charge in [-0.05, 0) is 49.4 Å². The van der Waals surface area contributed by atoms with E-state index in [4.69, 9.17) is 10.1 Å². The number of methoxy groups -OCH3 is 1. The second kappa shape index (κ2) is 7.01. The summed E-state index contributed by atoms with van der Waals surface area (Å²) < 4.78 is 9.48. The predicted molar refractivity (Wildman–Crippen MR) is 101 cm³/mol. The fourth-order valence-corrected chi connectivity index (χ4v) is 3.42. The smallest absolute Gasteiger partial charge is 0.206 e. The molecule has 0 unspecified atom stereocenters. The zero-order valence-corrected chi connectivity index (χ0v) is 15.3. The molecule has 3 aromatic rings. The first-order valence-electron chi connectivity index (χ1n) is 8.54. The van der Waals surface area contributed by atoms with Gasteiger partial charge in [-0.1, -0.05) is 36.4 Å². The zero-order valence-electron chi connectivity index (χ0n) is 15.3. The van der Waals surface area contributed by atoms with E-state index in [1.165, 1.54) is 16.7 Å². The van der Waals surface area contributed by atoms with Gasteiger partial charge in [-0.15, -0.1) is 0 Å².